The summed E-state index contributed by atoms with van der Waals surface area (Å²) in [5.41, 5.74) is 0.347. The molecule has 6 heteroatoms. The van der Waals surface area contributed by atoms with Gasteiger partial charge in [-0.3, -0.25) is 9.59 Å². The van der Waals surface area contributed by atoms with Gasteiger partial charge in [0.1, 0.15) is 5.82 Å². The lowest BCUT2D eigenvalue weighted by Gasteiger charge is -2.43. The highest BCUT2D eigenvalue weighted by Crippen LogP contribution is 2.41. The first-order valence-corrected chi connectivity index (χ1v) is 8.55. The molecule has 1 fully saturated rings. The van der Waals surface area contributed by atoms with E-state index >= 15 is 0 Å². The second-order valence-corrected chi connectivity index (χ2v) is 6.72. The topological polar surface area (TPSA) is 64.0 Å². The van der Waals surface area contributed by atoms with Gasteiger partial charge < -0.3 is 5.32 Å². The van der Waals surface area contributed by atoms with E-state index in [2.05, 4.69) is 10.4 Å². The van der Waals surface area contributed by atoms with Crippen LogP contribution in [0.5, 0.6) is 0 Å². The lowest BCUT2D eigenvalue weighted by molar-refractivity contribution is 0.0818. The van der Waals surface area contributed by atoms with Crippen molar-refractivity contribution in [2.45, 2.75) is 24.8 Å². The third kappa shape index (κ3) is 2.58. The number of carbonyl (C=O) groups excluding carboxylic acids is 1. The van der Waals surface area contributed by atoms with E-state index in [0.717, 1.165) is 24.8 Å². The summed E-state index contributed by atoms with van der Waals surface area (Å²) < 4.78 is 14.4. The van der Waals surface area contributed by atoms with E-state index in [1.807, 2.05) is 0 Å². The highest BCUT2D eigenvalue weighted by Gasteiger charge is 2.40. The molecule has 0 saturated heterocycles. The van der Waals surface area contributed by atoms with E-state index in [9.17, 15) is 14.0 Å². The molecule has 0 bridgehead atoms. The van der Waals surface area contributed by atoms with Gasteiger partial charge in [-0.1, -0.05) is 30.3 Å². The van der Waals surface area contributed by atoms with E-state index in [1.54, 1.807) is 36.4 Å². The molecule has 5 nitrogen and oxygen atoms in total. The fourth-order valence-electron chi connectivity index (χ4n) is 3.53. The zero-order valence-electron chi connectivity index (χ0n) is 14.3. The predicted molar refractivity (Wildman–Crippen MR) is 96.4 cm³/mol. The summed E-state index contributed by atoms with van der Waals surface area (Å²) in [6, 6.07) is 13.2. The molecule has 1 saturated carbocycles. The van der Waals surface area contributed by atoms with Crippen molar-refractivity contribution in [3.63, 3.8) is 0 Å². The van der Waals surface area contributed by atoms with Gasteiger partial charge in [0.15, 0.2) is 5.69 Å². The minimum Gasteiger partial charge on any atom is -0.341 e. The molecule has 0 aliphatic heterocycles. The molecule has 1 N–H and O–H groups in total. The molecule has 26 heavy (non-hydrogen) atoms. The fraction of sp³-hybridized carbons (Fsp3) is 0.250. The van der Waals surface area contributed by atoms with E-state index in [4.69, 9.17) is 0 Å². The van der Waals surface area contributed by atoms with Crippen LogP contribution in [0.4, 0.5) is 4.39 Å². The number of benzene rings is 2. The van der Waals surface area contributed by atoms with Gasteiger partial charge in [-0.05, 0) is 43.0 Å². The molecule has 1 aliphatic rings. The maximum Gasteiger partial charge on any atom is 0.274 e. The number of nitrogens with one attached hydrogen (secondary N) is 1. The van der Waals surface area contributed by atoms with Crippen molar-refractivity contribution < 1.29 is 9.18 Å². The largest absolute Gasteiger partial charge is 0.341 e. The molecule has 3 aromatic rings. The van der Waals surface area contributed by atoms with E-state index in [-0.39, 0.29) is 23.0 Å². The van der Waals surface area contributed by atoms with Crippen LogP contribution in [0.2, 0.25) is 0 Å². The lowest BCUT2D eigenvalue weighted by Crippen LogP contribution is -2.51. The van der Waals surface area contributed by atoms with Gasteiger partial charge in [0, 0.05) is 12.4 Å². The van der Waals surface area contributed by atoms with Crippen LogP contribution in [-0.4, -0.2) is 15.7 Å². The Hall–Kier alpha value is -3.02. The van der Waals surface area contributed by atoms with Gasteiger partial charge in [-0.15, -0.1) is 0 Å². The van der Waals surface area contributed by atoms with Crippen LogP contribution in [0.15, 0.2) is 53.3 Å². The lowest BCUT2D eigenvalue weighted by atomic mass is 9.71. The molecule has 0 atom stereocenters. The Morgan fingerprint density at radius 2 is 1.77 bits per heavy atom. The maximum absolute atomic E-state index is 13.3. The van der Waals surface area contributed by atoms with Crippen LogP contribution in [-0.2, 0) is 12.6 Å². The molecule has 1 aromatic heterocycles. The number of hydrogen-bond donors (Lipinski definition) is 1. The summed E-state index contributed by atoms with van der Waals surface area (Å²) in [5.74, 6) is -0.638. The molecular formula is C20H18FN3O2. The Bertz CT molecular complexity index is 1050. The summed E-state index contributed by atoms with van der Waals surface area (Å²) in [4.78, 5) is 25.3. The van der Waals surface area contributed by atoms with Crippen molar-refractivity contribution in [3.05, 3.63) is 76.0 Å². The highest BCUT2D eigenvalue weighted by molar-refractivity contribution is 6.05. The van der Waals surface area contributed by atoms with Gasteiger partial charge in [-0.25, -0.2) is 9.07 Å². The summed E-state index contributed by atoms with van der Waals surface area (Å²) in [6.07, 6.45) is 2.56. The number of carbonyl (C=O) groups is 1. The van der Waals surface area contributed by atoms with Crippen LogP contribution in [0, 0.1) is 5.82 Å². The van der Waals surface area contributed by atoms with Gasteiger partial charge >= 0.3 is 0 Å². The summed E-state index contributed by atoms with van der Waals surface area (Å²) >= 11 is 0. The number of aryl methyl sites for hydroxylation is 1. The number of halogens is 1. The first-order chi connectivity index (χ1) is 12.5. The molecule has 0 radical (unpaired) electrons. The Morgan fingerprint density at radius 1 is 1.12 bits per heavy atom. The highest BCUT2D eigenvalue weighted by atomic mass is 19.1. The molecule has 4 rings (SSSR count). The van der Waals surface area contributed by atoms with E-state index < -0.39 is 5.54 Å². The molecule has 2 aromatic carbocycles. The number of aromatic nitrogens is 2. The number of nitrogens with zero attached hydrogens (tertiary/aromatic N) is 2. The predicted octanol–water partition coefficient (Wildman–Crippen LogP) is 2.88. The molecule has 1 heterocycles. The van der Waals surface area contributed by atoms with Crippen LogP contribution in [0.25, 0.3) is 10.8 Å². The van der Waals surface area contributed by atoms with Crippen molar-refractivity contribution in [2.75, 3.05) is 0 Å². The van der Waals surface area contributed by atoms with Crippen LogP contribution >= 0.6 is 0 Å². The molecule has 0 spiro atoms. The number of amides is 1. The summed E-state index contributed by atoms with van der Waals surface area (Å²) in [6.45, 7) is 0. The van der Waals surface area contributed by atoms with Gasteiger partial charge in [0.25, 0.3) is 11.5 Å². The van der Waals surface area contributed by atoms with Crippen LogP contribution in [0.1, 0.15) is 35.3 Å². The van der Waals surface area contributed by atoms with Crippen LogP contribution in [0.3, 0.4) is 0 Å². The van der Waals surface area contributed by atoms with Crippen molar-refractivity contribution in [2.24, 2.45) is 7.05 Å². The number of fused-ring (bicyclic) bond motifs is 1. The minimum atomic E-state index is -0.512. The van der Waals surface area contributed by atoms with Crippen molar-refractivity contribution >= 4 is 16.7 Å². The average molecular weight is 351 g/mol. The molecule has 132 valence electrons. The van der Waals surface area contributed by atoms with Gasteiger partial charge in [-0.2, -0.15) is 5.10 Å². The van der Waals surface area contributed by atoms with Crippen molar-refractivity contribution in [1.82, 2.24) is 15.1 Å². The molecule has 0 unspecified atom stereocenters. The normalized spacial score (nSPS) is 15.5. The third-order valence-corrected chi connectivity index (χ3v) is 5.13. The van der Waals surface area contributed by atoms with Crippen molar-refractivity contribution in [1.29, 1.82) is 0 Å². The number of hydrogen-bond acceptors (Lipinski definition) is 3. The number of rotatable bonds is 3. The van der Waals surface area contributed by atoms with Gasteiger partial charge in [0.05, 0.1) is 10.9 Å². The first-order valence-electron chi connectivity index (χ1n) is 8.55. The second-order valence-electron chi connectivity index (χ2n) is 6.72. The monoisotopic (exact) mass is 351 g/mol. The first kappa shape index (κ1) is 16.4. The standard InChI is InChI=1S/C20H18FN3O2/c1-24-19(26)16-6-3-2-5-15(16)17(23-24)18(25)22-20(11-4-12-20)13-7-9-14(21)10-8-13/h2-3,5-10H,4,11-12H2,1H3,(H,22,25). The molecule has 1 amide bonds. The Kier molecular flexibility index (Phi) is 3.83. The quantitative estimate of drug-likeness (QED) is 0.789. The Morgan fingerprint density at radius 3 is 2.38 bits per heavy atom. The third-order valence-electron chi connectivity index (χ3n) is 5.13. The molecule has 1 aliphatic carbocycles. The smallest absolute Gasteiger partial charge is 0.274 e. The minimum absolute atomic E-state index is 0.219. The van der Waals surface area contributed by atoms with Crippen LogP contribution < -0.4 is 10.9 Å². The summed E-state index contributed by atoms with van der Waals surface area (Å²) in [7, 11) is 1.53. The Balaban J connectivity index is 1.75. The zero-order chi connectivity index (χ0) is 18.3. The Labute approximate surface area is 149 Å². The van der Waals surface area contributed by atoms with E-state index in [0.29, 0.717) is 10.8 Å². The summed E-state index contributed by atoms with van der Waals surface area (Å²) in [5, 5.41) is 8.25. The second kappa shape index (κ2) is 6.05. The fourth-order valence-corrected chi connectivity index (χ4v) is 3.53. The average Bonchev–Trinajstić information content (AvgIpc) is 2.62. The molecular weight excluding hydrogens is 333 g/mol. The van der Waals surface area contributed by atoms with Gasteiger partial charge in [0.2, 0.25) is 0 Å². The van der Waals surface area contributed by atoms with Crippen molar-refractivity contribution in [3.8, 4) is 0 Å². The SMILES string of the molecule is Cn1nc(C(=O)NC2(c3ccc(F)cc3)CCC2)c2ccccc2c1=O. The van der Waals surface area contributed by atoms with E-state index in [1.165, 1.54) is 23.9 Å². The zero-order valence-corrected chi connectivity index (χ0v) is 14.3. The maximum atomic E-state index is 13.3.